The molecule has 0 saturated heterocycles. The molecule has 1 heterocycles. The molecule has 1 amide bonds. The Bertz CT molecular complexity index is 919. The lowest BCUT2D eigenvalue weighted by atomic mass is 9.97. The fraction of sp³-hybridized carbons (Fsp3) is 0.350. The van der Waals surface area contributed by atoms with Gasteiger partial charge in [0, 0.05) is 31.4 Å². The lowest BCUT2D eigenvalue weighted by Gasteiger charge is -2.19. The Hall–Kier alpha value is -2.98. The molecule has 1 saturated carbocycles. The summed E-state index contributed by atoms with van der Waals surface area (Å²) in [5.41, 5.74) is 2.26. The molecule has 7 heteroatoms. The number of hydrogen-bond donors (Lipinski definition) is 2. The summed E-state index contributed by atoms with van der Waals surface area (Å²) < 4.78 is 14.3. The van der Waals surface area contributed by atoms with Crippen molar-refractivity contribution in [2.24, 2.45) is 0 Å². The van der Waals surface area contributed by atoms with Crippen LogP contribution in [0.1, 0.15) is 34.3 Å². The predicted molar refractivity (Wildman–Crippen MR) is 99.9 cm³/mol. The van der Waals surface area contributed by atoms with Gasteiger partial charge in [-0.15, -0.1) is 0 Å². The average Bonchev–Trinajstić information content (AvgIpc) is 3.45. The van der Waals surface area contributed by atoms with Gasteiger partial charge in [-0.25, -0.2) is 9.37 Å². The van der Waals surface area contributed by atoms with Gasteiger partial charge in [0.15, 0.2) is 0 Å². The zero-order valence-electron chi connectivity index (χ0n) is 15.3. The van der Waals surface area contributed by atoms with E-state index < -0.39 is 11.7 Å². The van der Waals surface area contributed by atoms with E-state index in [2.05, 4.69) is 16.4 Å². The van der Waals surface area contributed by atoms with Crippen molar-refractivity contribution >= 4 is 11.7 Å². The number of aliphatic hydroxyl groups excluding tert-OH is 1. The van der Waals surface area contributed by atoms with Crippen LogP contribution >= 0.6 is 0 Å². The number of hydrogen-bond acceptors (Lipinski definition) is 5. The Labute approximate surface area is 157 Å². The molecule has 6 nitrogen and oxygen atoms in total. The third kappa shape index (κ3) is 4.07. The lowest BCUT2D eigenvalue weighted by Crippen LogP contribution is -2.26. The third-order valence-corrected chi connectivity index (χ3v) is 4.57. The second-order valence-corrected chi connectivity index (χ2v) is 6.75. The molecule has 140 valence electrons. The highest BCUT2D eigenvalue weighted by atomic mass is 19.1. The second-order valence-electron chi connectivity index (χ2n) is 6.75. The summed E-state index contributed by atoms with van der Waals surface area (Å²) in [6, 6.07) is 6.75. The number of aliphatic hydroxyl groups is 1. The molecule has 1 fully saturated rings. The number of nitriles is 1. The van der Waals surface area contributed by atoms with Crippen LogP contribution < -0.4 is 10.2 Å². The number of likely N-dealkylation sites (N-methyl/N-ethyl adjacent to an activating group) is 1. The Balaban J connectivity index is 2.00. The molecule has 27 heavy (non-hydrogen) atoms. The van der Waals surface area contributed by atoms with Crippen LogP contribution in [0.4, 0.5) is 10.2 Å². The van der Waals surface area contributed by atoms with Crippen LogP contribution in [0.2, 0.25) is 0 Å². The normalized spacial score (nSPS) is 13.1. The Morgan fingerprint density at radius 2 is 2.19 bits per heavy atom. The highest BCUT2D eigenvalue weighted by molar-refractivity contribution is 5.96. The number of amides is 1. The van der Waals surface area contributed by atoms with Crippen LogP contribution in [-0.2, 0) is 0 Å². The fourth-order valence-corrected chi connectivity index (χ4v) is 2.90. The van der Waals surface area contributed by atoms with E-state index in [1.807, 2.05) is 0 Å². The number of aryl methyl sites for hydroxylation is 1. The SMILES string of the molecule is Cc1cc(F)c(C(=O)NC2CC2)cc1-c1cnc(N(C)CCO)c(C#N)c1. The maximum Gasteiger partial charge on any atom is 0.254 e. The van der Waals surface area contributed by atoms with Crippen LogP contribution in [-0.4, -0.2) is 42.2 Å². The van der Waals surface area contributed by atoms with Crippen molar-refractivity contribution in [3.63, 3.8) is 0 Å². The first-order chi connectivity index (χ1) is 12.9. The minimum Gasteiger partial charge on any atom is -0.395 e. The van der Waals surface area contributed by atoms with E-state index in [0.717, 1.165) is 12.8 Å². The van der Waals surface area contributed by atoms with Gasteiger partial charge in [-0.1, -0.05) is 0 Å². The first kappa shape index (κ1) is 18.8. The van der Waals surface area contributed by atoms with Crippen LogP contribution in [0.25, 0.3) is 11.1 Å². The van der Waals surface area contributed by atoms with Gasteiger partial charge in [0.2, 0.25) is 0 Å². The molecule has 2 aromatic rings. The average molecular weight is 368 g/mol. The van der Waals surface area contributed by atoms with Gasteiger partial charge in [0.05, 0.1) is 17.7 Å². The largest absolute Gasteiger partial charge is 0.395 e. The summed E-state index contributed by atoms with van der Waals surface area (Å²) in [5, 5.41) is 21.3. The molecule has 3 rings (SSSR count). The third-order valence-electron chi connectivity index (χ3n) is 4.57. The van der Waals surface area contributed by atoms with E-state index >= 15 is 0 Å². The summed E-state index contributed by atoms with van der Waals surface area (Å²) >= 11 is 0. The smallest absolute Gasteiger partial charge is 0.254 e. The van der Waals surface area contributed by atoms with Gasteiger partial charge in [0.25, 0.3) is 5.91 Å². The standard InChI is InChI=1S/C20H21FN4O2/c1-12-7-18(21)17(20(27)24-15-3-4-15)9-16(12)14-8-13(10-22)19(23-11-14)25(2)5-6-26/h7-9,11,15,26H,3-6H2,1-2H3,(H,24,27). The number of nitrogens with zero attached hydrogens (tertiary/aromatic N) is 3. The molecule has 0 radical (unpaired) electrons. The molecule has 0 atom stereocenters. The minimum atomic E-state index is -0.567. The number of pyridine rings is 1. The zero-order valence-corrected chi connectivity index (χ0v) is 15.3. The number of nitrogens with one attached hydrogen (secondary N) is 1. The molecule has 1 aliphatic rings. The lowest BCUT2D eigenvalue weighted by molar-refractivity contribution is 0.0947. The van der Waals surface area contributed by atoms with E-state index in [0.29, 0.717) is 34.6 Å². The number of carbonyl (C=O) groups excluding carboxylic acids is 1. The first-order valence-electron chi connectivity index (χ1n) is 8.78. The molecule has 0 spiro atoms. The summed E-state index contributed by atoms with van der Waals surface area (Å²) in [4.78, 5) is 18.3. The number of carbonyl (C=O) groups is 1. The molecule has 0 unspecified atom stereocenters. The van der Waals surface area contributed by atoms with E-state index in [9.17, 15) is 14.4 Å². The van der Waals surface area contributed by atoms with Gasteiger partial charge in [-0.05, 0) is 49.1 Å². The number of benzene rings is 1. The van der Waals surface area contributed by atoms with E-state index in [-0.39, 0.29) is 18.2 Å². The van der Waals surface area contributed by atoms with Crippen molar-refractivity contribution in [1.82, 2.24) is 10.3 Å². The van der Waals surface area contributed by atoms with E-state index in [1.54, 1.807) is 31.1 Å². The van der Waals surface area contributed by atoms with Gasteiger partial charge < -0.3 is 15.3 Å². The van der Waals surface area contributed by atoms with Gasteiger partial charge in [-0.3, -0.25) is 4.79 Å². The number of aromatic nitrogens is 1. The molecule has 1 aromatic carbocycles. The summed E-state index contributed by atoms with van der Waals surface area (Å²) in [7, 11) is 1.74. The van der Waals surface area contributed by atoms with Gasteiger partial charge in [0.1, 0.15) is 17.7 Å². The molecule has 2 N–H and O–H groups in total. The second kappa shape index (κ2) is 7.72. The van der Waals surface area contributed by atoms with Crippen molar-refractivity contribution < 1.29 is 14.3 Å². The Morgan fingerprint density at radius 1 is 1.44 bits per heavy atom. The van der Waals surface area contributed by atoms with Crippen molar-refractivity contribution in [3.05, 3.63) is 46.9 Å². The molecular formula is C20H21FN4O2. The minimum absolute atomic E-state index is 0.0116. The number of halogens is 1. The van der Waals surface area contributed by atoms with Crippen molar-refractivity contribution in [2.45, 2.75) is 25.8 Å². The highest BCUT2D eigenvalue weighted by Crippen LogP contribution is 2.29. The molecule has 1 aliphatic carbocycles. The van der Waals surface area contributed by atoms with Crippen molar-refractivity contribution in [2.75, 3.05) is 25.1 Å². The van der Waals surface area contributed by atoms with E-state index in [1.165, 1.54) is 12.1 Å². The number of anilines is 1. The molecule has 0 aliphatic heterocycles. The maximum atomic E-state index is 14.3. The van der Waals surface area contributed by atoms with Crippen LogP contribution in [0.5, 0.6) is 0 Å². The van der Waals surface area contributed by atoms with Crippen LogP contribution in [0.15, 0.2) is 24.4 Å². The first-order valence-corrected chi connectivity index (χ1v) is 8.78. The Kier molecular flexibility index (Phi) is 5.38. The number of rotatable bonds is 6. The molecule has 0 bridgehead atoms. The fourth-order valence-electron chi connectivity index (χ4n) is 2.90. The predicted octanol–water partition coefficient (Wildman–Crippen LogP) is 2.39. The van der Waals surface area contributed by atoms with Crippen molar-refractivity contribution in [1.29, 1.82) is 5.26 Å². The van der Waals surface area contributed by atoms with Crippen LogP contribution in [0, 0.1) is 24.1 Å². The van der Waals surface area contributed by atoms with Crippen LogP contribution in [0.3, 0.4) is 0 Å². The maximum absolute atomic E-state index is 14.3. The summed E-state index contributed by atoms with van der Waals surface area (Å²) in [6.45, 7) is 2.04. The monoisotopic (exact) mass is 368 g/mol. The molecular weight excluding hydrogens is 347 g/mol. The zero-order chi connectivity index (χ0) is 19.6. The summed E-state index contributed by atoms with van der Waals surface area (Å²) in [6.07, 6.45) is 3.43. The summed E-state index contributed by atoms with van der Waals surface area (Å²) in [5.74, 6) is -0.534. The Morgan fingerprint density at radius 3 is 2.81 bits per heavy atom. The quantitative estimate of drug-likeness (QED) is 0.817. The highest BCUT2D eigenvalue weighted by Gasteiger charge is 2.25. The topological polar surface area (TPSA) is 89.2 Å². The molecule has 1 aromatic heterocycles. The van der Waals surface area contributed by atoms with Gasteiger partial charge in [-0.2, -0.15) is 5.26 Å². The van der Waals surface area contributed by atoms with E-state index in [4.69, 9.17) is 5.11 Å². The van der Waals surface area contributed by atoms with Crippen molar-refractivity contribution in [3.8, 4) is 17.2 Å². The van der Waals surface area contributed by atoms with Gasteiger partial charge >= 0.3 is 0 Å².